The molecule has 22 heavy (non-hydrogen) atoms. The highest BCUT2D eigenvalue weighted by atomic mass is 19.3. The predicted molar refractivity (Wildman–Crippen MR) is 77.0 cm³/mol. The zero-order valence-electron chi connectivity index (χ0n) is 11.7. The maximum Gasteiger partial charge on any atom is 0.387 e. The molecule has 5 nitrogen and oxygen atoms in total. The van der Waals surface area contributed by atoms with E-state index in [4.69, 9.17) is 0 Å². The van der Waals surface area contributed by atoms with Gasteiger partial charge in [0.2, 0.25) is 0 Å². The molecule has 0 saturated heterocycles. The lowest BCUT2D eigenvalue weighted by Gasteiger charge is -2.10. The van der Waals surface area contributed by atoms with E-state index in [9.17, 15) is 13.6 Å². The number of amides is 1. The molecule has 0 saturated carbocycles. The monoisotopic (exact) mass is 305 g/mol. The molecule has 2 rings (SSSR count). The summed E-state index contributed by atoms with van der Waals surface area (Å²) in [6.07, 6.45) is 2.97. The predicted octanol–water partition coefficient (Wildman–Crippen LogP) is 2.84. The number of carbonyl (C=O) groups excluding carboxylic acids is 1. The Kier molecular flexibility index (Phi) is 5.13. The third kappa shape index (κ3) is 4.08. The van der Waals surface area contributed by atoms with E-state index in [-0.39, 0.29) is 5.75 Å². The minimum atomic E-state index is -2.93. The number of hydrazone groups is 1. The molecule has 7 heteroatoms. The number of halogens is 2. The third-order valence-electron chi connectivity index (χ3n) is 2.76. The van der Waals surface area contributed by atoms with Crippen molar-refractivity contribution in [3.63, 3.8) is 0 Å². The Morgan fingerprint density at radius 2 is 1.91 bits per heavy atom. The summed E-state index contributed by atoms with van der Waals surface area (Å²) < 4.78 is 29.1. The van der Waals surface area contributed by atoms with Crippen LogP contribution in [0.1, 0.15) is 22.8 Å². The van der Waals surface area contributed by atoms with Gasteiger partial charge in [-0.2, -0.15) is 13.9 Å². The van der Waals surface area contributed by atoms with Crippen LogP contribution in [0.2, 0.25) is 0 Å². The van der Waals surface area contributed by atoms with Crippen molar-refractivity contribution in [2.45, 2.75) is 13.5 Å². The molecule has 2 aromatic rings. The van der Waals surface area contributed by atoms with E-state index in [1.807, 2.05) is 0 Å². The van der Waals surface area contributed by atoms with Gasteiger partial charge in [-0.05, 0) is 31.2 Å². The summed E-state index contributed by atoms with van der Waals surface area (Å²) in [5.41, 5.74) is 3.47. The maximum absolute atomic E-state index is 12.4. The van der Waals surface area contributed by atoms with Gasteiger partial charge in [0.15, 0.2) is 0 Å². The lowest BCUT2D eigenvalue weighted by molar-refractivity contribution is -0.0499. The van der Waals surface area contributed by atoms with Gasteiger partial charge in [-0.1, -0.05) is 12.1 Å². The van der Waals surface area contributed by atoms with Gasteiger partial charge in [-0.3, -0.25) is 9.78 Å². The fraction of sp³-hybridized carbons (Fsp3) is 0.133. The molecule has 0 unspecified atom stereocenters. The highest BCUT2D eigenvalue weighted by molar-refractivity contribution is 6.02. The van der Waals surface area contributed by atoms with Crippen molar-refractivity contribution >= 4 is 11.6 Å². The number of ether oxygens (including phenoxy) is 1. The van der Waals surface area contributed by atoms with Crippen molar-refractivity contribution in [3.05, 3.63) is 59.9 Å². The quantitative estimate of drug-likeness (QED) is 0.682. The number of hydrogen-bond acceptors (Lipinski definition) is 4. The average Bonchev–Trinajstić information content (AvgIpc) is 2.53. The van der Waals surface area contributed by atoms with Crippen molar-refractivity contribution in [1.29, 1.82) is 0 Å². The van der Waals surface area contributed by atoms with Crippen molar-refractivity contribution in [2.75, 3.05) is 0 Å². The first-order valence-electron chi connectivity index (χ1n) is 6.37. The van der Waals surface area contributed by atoms with E-state index in [2.05, 4.69) is 20.2 Å². The second-order valence-corrected chi connectivity index (χ2v) is 4.25. The van der Waals surface area contributed by atoms with Crippen LogP contribution in [0.3, 0.4) is 0 Å². The molecule has 1 N–H and O–H groups in total. The van der Waals surface area contributed by atoms with Crippen LogP contribution in [-0.4, -0.2) is 23.2 Å². The van der Waals surface area contributed by atoms with Crippen LogP contribution in [0.25, 0.3) is 0 Å². The lowest BCUT2D eigenvalue weighted by Crippen LogP contribution is -2.19. The molecule has 0 radical (unpaired) electrons. The molecule has 0 bridgehead atoms. The first-order chi connectivity index (χ1) is 10.6. The molecular formula is C15H13F2N3O2. The second-order valence-electron chi connectivity index (χ2n) is 4.25. The number of nitrogens with zero attached hydrogens (tertiary/aromatic N) is 2. The van der Waals surface area contributed by atoms with Gasteiger partial charge in [0.25, 0.3) is 5.91 Å². The molecule has 0 aliphatic rings. The molecule has 0 aliphatic carbocycles. The van der Waals surface area contributed by atoms with E-state index in [1.165, 1.54) is 30.6 Å². The van der Waals surface area contributed by atoms with E-state index < -0.39 is 12.5 Å². The average molecular weight is 305 g/mol. The van der Waals surface area contributed by atoms with Crippen LogP contribution in [0.15, 0.2) is 53.9 Å². The molecule has 1 heterocycles. The summed E-state index contributed by atoms with van der Waals surface area (Å²) in [4.78, 5) is 15.7. The van der Waals surface area contributed by atoms with Gasteiger partial charge >= 0.3 is 6.61 Å². The Bertz CT molecular complexity index is 675. The minimum Gasteiger partial charge on any atom is -0.434 e. The number of benzene rings is 1. The third-order valence-corrected chi connectivity index (χ3v) is 2.76. The zero-order valence-corrected chi connectivity index (χ0v) is 11.7. The minimum absolute atomic E-state index is 0.00286. The summed E-state index contributed by atoms with van der Waals surface area (Å²) in [5, 5.41) is 3.91. The first-order valence-corrected chi connectivity index (χ1v) is 6.37. The summed E-state index contributed by atoms with van der Waals surface area (Å²) in [6, 6.07) is 9.30. The van der Waals surface area contributed by atoms with Gasteiger partial charge in [0, 0.05) is 23.5 Å². The van der Waals surface area contributed by atoms with Gasteiger partial charge in [-0.15, -0.1) is 0 Å². The number of nitrogens with one attached hydrogen (secondary N) is 1. The molecule has 0 spiro atoms. The maximum atomic E-state index is 12.4. The van der Waals surface area contributed by atoms with Gasteiger partial charge in [0.05, 0.1) is 5.71 Å². The Hall–Kier alpha value is -2.83. The second kappa shape index (κ2) is 7.26. The van der Waals surface area contributed by atoms with E-state index >= 15 is 0 Å². The SMILES string of the molecule is C/C(=N\NC(=O)c1ccncc1)c1ccccc1OC(F)F. The van der Waals surface area contributed by atoms with Crippen LogP contribution >= 0.6 is 0 Å². The van der Waals surface area contributed by atoms with Gasteiger partial charge < -0.3 is 4.74 Å². The highest BCUT2D eigenvalue weighted by Gasteiger charge is 2.11. The van der Waals surface area contributed by atoms with Crippen molar-refractivity contribution in [3.8, 4) is 5.75 Å². The summed E-state index contributed by atoms with van der Waals surface area (Å²) in [7, 11) is 0. The van der Waals surface area contributed by atoms with Crippen molar-refractivity contribution in [2.24, 2.45) is 5.10 Å². The molecule has 1 amide bonds. The molecule has 0 aliphatic heterocycles. The Morgan fingerprint density at radius 3 is 2.59 bits per heavy atom. The van der Waals surface area contributed by atoms with Crippen LogP contribution in [0, 0.1) is 0 Å². The molecule has 1 aromatic carbocycles. The number of alkyl halides is 2. The smallest absolute Gasteiger partial charge is 0.387 e. The molecular weight excluding hydrogens is 292 g/mol. The van der Waals surface area contributed by atoms with E-state index in [0.717, 1.165) is 0 Å². The van der Waals surface area contributed by atoms with Crippen LogP contribution in [0.4, 0.5) is 8.78 Å². The van der Waals surface area contributed by atoms with E-state index in [0.29, 0.717) is 16.8 Å². The number of aromatic nitrogens is 1. The highest BCUT2D eigenvalue weighted by Crippen LogP contribution is 2.20. The van der Waals surface area contributed by atoms with Gasteiger partial charge in [-0.25, -0.2) is 5.43 Å². The van der Waals surface area contributed by atoms with E-state index in [1.54, 1.807) is 25.1 Å². The number of pyridine rings is 1. The molecule has 1 aromatic heterocycles. The summed E-state index contributed by atoms with van der Waals surface area (Å²) in [6.45, 7) is -1.35. The Morgan fingerprint density at radius 1 is 1.23 bits per heavy atom. The van der Waals surface area contributed by atoms with Crippen molar-refractivity contribution in [1.82, 2.24) is 10.4 Å². The normalized spacial score (nSPS) is 11.4. The van der Waals surface area contributed by atoms with Crippen LogP contribution in [0.5, 0.6) is 5.75 Å². The van der Waals surface area contributed by atoms with Gasteiger partial charge in [0.1, 0.15) is 5.75 Å². The molecule has 0 fully saturated rings. The summed E-state index contributed by atoms with van der Waals surface area (Å²) in [5.74, 6) is -0.425. The summed E-state index contributed by atoms with van der Waals surface area (Å²) >= 11 is 0. The first kappa shape index (κ1) is 15.6. The Labute approximate surface area is 125 Å². The number of hydrogen-bond donors (Lipinski definition) is 1. The fourth-order valence-corrected chi connectivity index (χ4v) is 1.73. The number of rotatable bonds is 5. The standard InChI is InChI=1S/C15H13F2N3O2/c1-10(12-4-2-3-5-13(12)22-15(16)17)19-20-14(21)11-6-8-18-9-7-11/h2-9,15H,1H3,(H,20,21)/b19-10+. The van der Waals surface area contributed by atoms with Crippen molar-refractivity contribution < 1.29 is 18.3 Å². The van der Waals surface area contributed by atoms with Crippen LogP contribution in [-0.2, 0) is 0 Å². The zero-order chi connectivity index (χ0) is 15.9. The number of carbonyl (C=O) groups is 1. The molecule has 0 atom stereocenters. The largest absolute Gasteiger partial charge is 0.434 e. The Balaban J connectivity index is 2.14. The molecule has 114 valence electrons. The topological polar surface area (TPSA) is 63.6 Å². The van der Waals surface area contributed by atoms with Crippen LogP contribution < -0.4 is 10.2 Å². The fourth-order valence-electron chi connectivity index (χ4n) is 1.73. The lowest BCUT2D eigenvalue weighted by atomic mass is 10.1. The number of para-hydroxylation sites is 1.